The molecule has 0 bridgehead atoms. The van der Waals surface area contributed by atoms with Gasteiger partial charge in [0.15, 0.2) is 11.6 Å². The number of pyridine rings is 1. The molecule has 2 atom stereocenters. The number of carbonyl (C=O) groups is 1. The van der Waals surface area contributed by atoms with E-state index in [4.69, 9.17) is 9.47 Å². The number of halogens is 1. The molecule has 1 aliphatic rings. The summed E-state index contributed by atoms with van der Waals surface area (Å²) in [7, 11) is 1.40. The Labute approximate surface area is 164 Å². The van der Waals surface area contributed by atoms with Crippen molar-refractivity contribution in [2.24, 2.45) is 0 Å². The van der Waals surface area contributed by atoms with E-state index in [-0.39, 0.29) is 23.9 Å². The summed E-state index contributed by atoms with van der Waals surface area (Å²) in [6.45, 7) is 5.64. The fraction of sp³-hybridized carbons (Fsp3) is 0.333. The van der Waals surface area contributed by atoms with Crippen LogP contribution in [0.4, 0.5) is 15.9 Å². The molecule has 6 nitrogen and oxygen atoms in total. The molecule has 148 valence electrons. The minimum Gasteiger partial charge on any atom is -0.494 e. The molecule has 0 aliphatic carbocycles. The molecule has 1 aromatic heterocycles. The molecule has 1 aliphatic heterocycles. The number of amides is 1. The first-order valence-corrected chi connectivity index (χ1v) is 9.13. The van der Waals surface area contributed by atoms with Gasteiger partial charge in [0.05, 0.1) is 31.2 Å². The Hall–Kier alpha value is -2.93. The fourth-order valence-corrected chi connectivity index (χ4v) is 3.15. The van der Waals surface area contributed by atoms with E-state index in [0.29, 0.717) is 11.3 Å². The largest absolute Gasteiger partial charge is 0.494 e. The molecule has 1 N–H and O–H groups in total. The second-order valence-corrected chi connectivity index (χ2v) is 6.78. The summed E-state index contributed by atoms with van der Waals surface area (Å²) in [5, 5.41) is 2.75. The van der Waals surface area contributed by atoms with Crippen LogP contribution in [0.15, 0.2) is 42.6 Å². The second kappa shape index (κ2) is 8.84. The molecule has 3 rings (SSSR count). The average Bonchev–Trinajstić information content (AvgIpc) is 2.66. The summed E-state index contributed by atoms with van der Waals surface area (Å²) in [5.41, 5.74) is 1.16. The zero-order valence-corrected chi connectivity index (χ0v) is 16.2. The summed E-state index contributed by atoms with van der Waals surface area (Å²) in [4.78, 5) is 18.7. The summed E-state index contributed by atoms with van der Waals surface area (Å²) < 4.78 is 24.3. The molecule has 2 aromatic rings. The van der Waals surface area contributed by atoms with Crippen LogP contribution in [0.2, 0.25) is 0 Å². The first-order chi connectivity index (χ1) is 13.4. The van der Waals surface area contributed by atoms with Gasteiger partial charge in [0.2, 0.25) is 5.91 Å². The third-order valence-corrected chi connectivity index (χ3v) is 4.36. The van der Waals surface area contributed by atoms with Crippen LogP contribution in [-0.2, 0) is 9.53 Å². The number of ether oxygens (including phenoxy) is 2. The molecule has 1 saturated heterocycles. The molecule has 1 fully saturated rings. The van der Waals surface area contributed by atoms with Crippen molar-refractivity contribution in [3.8, 4) is 5.75 Å². The lowest BCUT2D eigenvalue weighted by Crippen LogP contribution is -2.45. The molecule has 1 aromatic carbocycles. The zero-order chi connectivity index (χ0) is 20.1. The van der Waals surface area contributed by atoms with Gasteiger partial charge in [0.1, 0.15) is 5.82 Å². The van der Waals surface area contributed by atoms with Crippen molar-refractivity contribution in [2.75, 3.05) is 30.4 Å². The Kier molecular flexibility index (Phi) is 6.26. The van der Waals surface area contributed by atoms with Crippen LogP contribution in [0.5, 0.6) is 5.75 Å². The van der Waals surface area contributed by atoms with Crippen LogP contribution in [0.3, 0.4) is 0 Å². The summed E-state index contributed by atoms with van der Waals surface area (Å²) in [6.07, 6.45) is 4.81. The Morgan fingerprint density at radius 2 is 2.04 bits per heavy atom. The van der Waals surface area contributed by atoms with Crippen molar-refractivity contribution < 1.29 is 18.7 Å². The molecule has 7 heteroatoms. The van der Waals surface area contributed by atoms with Gasteiger partial charge in [-0.3, -0.25) is 4.79 Å². The van der Waals surface area contributed by atoms with E-state index in [0.717, 1.165) is 18.9 Å². The third-order valence-electron chi connectivity index (χ3n) is 4.36. The maximum Gasteiger partial charge on any atom is 0.248 e. The predicted molar refractivity (Wildman–Crippen MR) is 107 cm³/mol. The molecule has 28 heavy (non-hydrogen) atoms. The molecule has 0 radical (unpaired) electrons. The van der Waals surface area contributed by atoms with E-state index in [9.17, 15) is 9.18 Å². The molecule has 0 saturated carbocycles. The number of hydrogen-bond donors (Lipinski definition) is 1. The van der Waals surface area contributed by atoms with Crippen molar-refractivity contribution >= 4 is 23.5 Å². The Bertz CT molecular complexity index is 844. The molecule has 1 amide bonds. The highest BCUT2D eigenvalue weighted by Gasteiger charge is 2.22. The first-order valence-electron chi connectivity index (χ1n) is 9.13. The van der Waals surface area contributed by atoms with E-state index in [2.05, 4.69) is 15.2 Å². The molecular weight excluding hydrogens is 361 g/mol. The van der Waals surface area contributed by atoms with Crippen LogP contribution in [0.1, 0.15) is 19.4 Å². The number of anilines is 2. The lowest BCUT2D eigenvalue weighted by atomic mass is 10.2. The molecule has 2 unspecified atom stereocenters. The van der Waals surface area contributed by atoms with Crippen molar-refractivity contribution in [2.45, 2.75) is 26.1 Å². The second-order valence-electron chi connectivity index (χ2n) is 6.78. The van der Waals surface area contributed by atoms with Crippen molar-refractivity contribution in [1.29, 1.82) is 0 Å². The number of rotatable bonds is 5. The number of aromatic nitrogens is 1. The van der Waals surface area contributed by atoms with Crippen molar-refractivity contribution in [1.82, 2.24) is 4.98 Å². The van der Waals surface area contributed by atoms with Crippen molar-refractivity contribution in [3.63, 3.8) is 0 Å². The maximum absolute atomic E-state index is 13.7. The van der Waals surface area contributed by atoms with Crippen LogP contribution >= 0.6 is 0 Å². The zero-order valence-electron chi connectivity index (χ0n) is 16.2. The third kappa shape index (κ3) is 5.07. The van der Waals surface area contributed by atoms with Gasteiger partial charge in [-0.1, -0.05) is 6.07 Å². The fourth-order valence-electron chi connectivity index (χ4n) is 3.15. The highest BCUT2D eigenvalue weighted by atomic mass is 19.1. The lowest BCUT2D eigenvalue weighted by Gasteiger charge is -2.36. The first kappa shape index (κ1) is 19.8. The Morgan fingerprint density at radius 1 is 1.29 bits per heavy atom. The summed E-state index contributed by atoms with van der Waals surface area (Å²) in [6, 6.07) is 8.19. The predicted octanol–water partition coefficient (Wildman–Crippen LogP) is 3.49. The number of nitrogens with zero attached hydrogens (tertiary/aromatic N) is 2. The van der Waals surface area contributed by atoms with Gasteiger partial charge in [-0.15, -0.1) is 0 Å². The van der Waals surface area contributed by atoms with Crippen LogP contribution in [0, 0.1) is 5.82 Å². The van der Waals surface area contributed by atoms with E-state index in [1.807, 2.05) is 26.0 Å². The standard InChI is InChI=1S/C21H24FN3O3/c1-14-12-25(13-15(2)28-14)20-8-6-17(11-23-20)24-21(26)9-5-16-4-7-19(27-3)18(22)10-16/h4-11,14-15H,12-13H2,1-3H3,(H,24,26)/b9-5+. The van der Waals surface area contributed by atoms with E-state index in [1.54, 1.807) is 12.3 Å². The van der Waals surface area contributed by atoms with E-state index < -0.39 is 5.82 Å². The minimum absolute atomic E-state index is 0.151. The summed E-state index contributed by atoms with van der Waals surface area (Å²) in [5.74, 6) is 0.219. The van der Waals surface area contributed by atoms with Gasteiger partial charge in [-0.25, -0.2) is 9.37 Å². The Morgan fingerprint density at radius 3 is 2.64 bits per heavy atom. The molecule has 0 spiro atoms. The minimum atomic E-state index is -0.475. The summed E-state index contributed by atoms with van der Waals surface area (Å²) >= 11 is 0. The maximum atomic E-state index is 13.7. The molecular formula is C21H24FN3O3. The van der Waals surface area contributed by atoms with Crippen LogP contribution in [-0.4, -0.2) is 43.3 Å². The van der Waals surface area contributed by atoms with E-state index in [1.165, 1.54) is 31.4 Å². The average molecular weight is 385 g/mol. The number of carbonyl (C=O) groups excluding carboxylic acids is 1. The molecule has 2 heterocycles. The number of methoxy groups -OCH3 is 1. The number of nitrogens with one attached hydrogen (secondary N) is 1. The monoisotopic (exact) mass is 385 g/mol. The van der Waals surface area contributed by atoms with E-state index >= 15 is 0 Å². The number of morpholine rings is 1. The quantitative estimate of drug-likeness (QED) is 0.799. The van der Waals surface area contributed by atoms with Gasteiger partial charge in [0.25, 0.3) is 0 Å². The SMILES string of the molecule is COc1ccc(/C=C/C(=O)Nc2ccc(N3CC(C)OC(C)C3)nc2)cc1F. The number of hydrogen-bond acceptors (Lipinski definition) is 5. The highest BCUT2D eigenvalue weighted by Crippen LogP contribution is 2.20. The number of benzene rings is 1. The van der Waals surface area contributed by atoms with Crippen molar-refractivity contribution in [3.05, 3.63) is 54.0 Å². The highest BCUT2D eigenvalue weighted by molar-refractivity contribution is 6.01. The lowest BCUT2D eigenvalue weighted by molar-refractivity contribution is -0.111. The van der Waals surface area contributed by atoms with Gasteiger partial charge >= 0.3 is 0 Å². The smallest absolute Gasteiger partial charge is 0.248 e. The topological polar surface area (TPSA) is 63.7 Å². The van der Waals surface area contributed by atoms with Crippen LogP contribution < -0.4 is 15.0 Å². The van der Waals surface area contributed by atoms with Gasteiger partial charge < -0.3 is 19.7 Å². The normalized spacial score (nSPS) is 19.6. The van der Waals surface area contributed by atoms with Gasteiger partial charge in [-0.2, -0.15) is 0 Å². The van der Waals surface area contributed by atoms with Crippen LogP contribution in [0.25, 0.3) is 6.08 Å². The van der Waals surface area contributed by atoms with Gasteiger partial charge in [0, 0.05) is 19.2 Å². The Balaban J connectivity index is 1.59. The van der Waals surface area contributed by atoms with Gasteiger partial charge in [-0.05, 0) is 49.8 Å².